The molecular weight excluding hydrogens is 330 g/mol. The number of H-pyrrole nitrogens is 1. The summed E-state index contributed by atoms with van der Waals surface area (Å²) in [5.74, 6) is -0.0268. The van der Waals surface area contributed by atoms with Crippen molar-refractivity contribution in [1.82, 2.24) is 25.7 Å². The predicted molar refractivity (Wildman–Crippen MR) is 99.6 cm³/mol. The van der Waals surface area contributed by atoms with Crippen molar-refractivity contribution < 1.29 is 9.59 Å². The molecule has 7 nitrogen and oxygen atoms in total. The zero-order valence-corrected chi connectivity index (χ0v) is 15.2. The number of benzene rings is 1. The van der Waals surface area contributed by atoms with Gasteiger partial charge in [-0.05, 0) is 37.6 Å². The van der Waals surface area contributed by atoms with Crippen molar-refractivity contribution in [3.8, 4) is 11.1 Å². The second-order valence-corrected chi connectivity index (χ2v) is 6.71. The minimum atomic E-state index is -0.0847. The van der Waals surface area contributed by atoms with Gasteiger partial charge in [0, 0.05) is 49.4 Å². The summed E-state index contributed by atoms with van der Waals surface area (Å²) in [6.07, 6.45) is 5.99. The Morgan fingerprint density at radius 2 is 2.08 bits per heavy atom. The molecule has 3 rings (SSSR count). The number of aromatic nitrogens is 2. The van der Waals surface area contributed by atoms with Gasteiger partial charge in [-0.25, -0.2) is 0 Å². The highest BCUT2D eigenvalue weighted by molar-refractivity contribution is 5.95. The number of amides is 2. The molecular formula is C19H25N5O2. The van der Waals surface area contributed by atoms with E-state index < -0.39 is 0 Å². The largest absolute Gasteiger partial charge is 0.359 e. The lowest BCUT2D eigenvalue weighted by Gasteiger charge is -2.25. The van der Waals surface area contributed by atoms with Crippen LogP contribution in [0.25, 0.3) is 11.1 Å². The summed E-state index contributed by atoms with van der Waals surface area (Å²) in [6.45, 7) is 0.579. The number of likely N-dealkylation sites (tertiary alicyclic amines) is 1. The van der Waals surface area contributed by atoms with E-state index in [1.165, 1.54) is 0 Å². The van der Waals surface area contributed by atoms with E-state index in [0.717, 1.165) is 24.0 Å². The average molecular weight is 355 g/mol. The summed E-state index contributed by atoms with van der Waals surface area (Å²) >= 11 is 0. The normalized spacial score (nSPS) is 20.1. The molecule has 0 unspecified atom stereocenters. The fourth-order valence-electron chi connectivity index (χ4n) is 3.46. The van der Waals surface area contributed by atoms with Gasteiger partial charge in [-0.2, -0.15) is 5.10 Å². The van der Waals surface area contributed by atoms with E-state index >= 15 is 0 Å². The number of hydrogen-bond donors (Lipinski definition) is 3. The van der Waals surface area contributed by atoms with E-state index in [9.17, 15) is 9.59 Å². The average Bonchev–Trinajstić information content (AvgIpc) is 3.31. The highest BCUT2D eigenvalue weighted by Crippen LogP contribution is 2.24. The maximum absolute atomic E-state index is 12.5. The van der Waals surface area contributed by atoms with Gasteiger partial charge in [0.25, 0.3) is 5.91 Å². The van der Waals surface area contributed by atoms with E-state index in [0.29, 0.717) is 18.5 Å². The molecule has 2 atom stereocenters. The molecule has 2 heterocycles. The SMILES string of the molecule is CNC(=O)C[C@H]1CC[C@@H](CNC(=O)c2cccc(-c3cn[nH]c3)c2)N1C. The molecule has 1 fully saturated rings. The highest BCUT2D eigenvalue weighted by Gasteiger charge is 2.31. The van der Waals surface area contributed by atoms with Crippen LogP contribution in [0.4, 0.5) is 0 Å². The number of carbonyl (C=O) groups is 2. The van der Waals surface area contributed by atoms with Gasteiger partial charge >= 0.3 is 0 Å². The first-order valence-corrected chi connectivity index (χ1v) is 8.88. The number of carbonyl (C=O) groups excluding carboxylic acids is 2. The first-order valence-electron chi connectivity index (χ1n) is 8.88. The molecule has 0 bridgehead atoms. The minimum Gasteiger partial charge on any atom is -0.359 e. The Bertz CT molecular complexity index is 759. The lowest BCUT2D eigenvalue weighted by atomic mass is 10.1. The molecule has 7 heteroatoms. The Morgan fingerprint density at radius 1 is 1.27 bits per heavy atom. The standard InChI is InChI=1S/C19H25N5O2/c1-20-18(25)9-16-6-7-17(24(16)2)12-21-19(26)14-5-3-4-13(8-14)15-10-22-23-11-15/h3-5,8,10-11,16-17H,6-7,9,12H2,1-2H3,(H,20,25)(H,21,26)(H,22,23)/t16-,17+/m1/s1. The third-order valence-electron chi connectivity index (χ3n) is 5.14. The van der Waals surface area contributed by atoms with Crippen LogP contribution >= 0.6 is 0 Å². The van der Waals surface area contributed by atoms with E-state index in [2.05, 4.69) is 25.7 Å². The van der Waals surface area contributed by atoms with E-state index in [1.807, 2.05) is 31.3 Å². The number of nitrogens with one attached hydrogen (secondary N) is 3. The van der Waals surface area contributed by atoms with Gasteiger partial charge in [-0.15, -0.1) is 0 Å². The molecule has 0 saturated carbocycles. The second-order valence-electron chi connectivity index (χ2n) is 6.71. The van der Waals surface area contributed by atoms with Gasteiger partial charge in [0.05, 0.1) is 6.20 Å². The fraction of sp³-hybridized carbons (Fsp3) is 0.421. The van der Waals surface area contributed by atoms with E-state index in [4.69, 9.17) is 0 Å². The van der Waals surface area contributed by atoms with Crippen molar-refractivity contribution in [1.29, 1.82) is 0 Å². The summed E-state index contributed by atoms with van der Waals surface area (Å²) in [4.78, 5) is 26.3. The van der Waals surface area contributed by atoms with Crippen LogP contribution in [0.15, 0.2) is 36.7 Å². The van der Waals surface area contributed by atoms with Crippen LogP contribution < -0.4 is 10.6 Å². The summed E-state index contributed by atoms with van der Waals surface area (Å²) in [6, 6.07) is 8.00. The van der Waals surface area contributed by atoms with Gasteiger partial charge in [-0.1, -0.05) is 12.1 Å². The smallest absolute Gasteiger partial charge is 0.251 e. The lowest BCUT2D eigenvalue weighted by Crippen LogP contribution is -2.42. The van der Waals surface area contributed by atoms with Crippen LogP contribution in [0.2, 0.25) is 0 Å². The maximum Gasteiger partial charge on any atom is 0.251 e. The quantitative estimate of drug-likeness (QED) is 0.731. The lowest BCUT2D eigenvalue weighted by molar-refractivity contribution is -0.121. The number of rotatable bonds is 6. The zero-order valence-electron chi connectivity index (χ0n) is 15.2. The third-order valence-corrected chi connectivity index (χ3v) is 5.14. The topological polar surface area (TPSA) is 90.1 Å². The Morgan fingerprint density at radius 3 is 2.81 bits per heavy atom. The van der Waals surface area contributed by atoms with Gasteiger partial charge in [0.1, 0.15) is 0 Å². The molecule has 2 amide bonds. The predicted octanol–water partition coefficient (Wildman–Crippen LogP) is 1.41. The summed E-state index contributed by atoms with van der Waals surface area (Å²) in [5, 5.41) is 12.4. The molecule has 2 aromatic rings. The summed E-state index contributed by atoms with van der Waals surface area (Å²) < 4.78 is 0. The Balaban J connectivity index is 1.56. The van der Waals surface area contributed by atoms with Crippen molar-refractivity contribution in [2.24, 2.45) is 0 Å². The number of nitrogens with zero attached hydrogens (tertiary/aromatic N) is 2. The molecule has 1 aliphatic heterocycles. The monoisotopic (exact) mass is 355 g/mol. The molecule has 1 aromatic heterocycles. The molecule has 0 aliphatic carbocycles. The zero-order chi connectivity index (χ0) is 18.5. The maximum atomic E-state index is 12.5. The second kappa shape index (κ2) is 8.14. The van der Waals surface area contributed by atoms with Crippen molar-refractivity contribution >= 4 is 11.8 Å². The van der Waals surface area contributed by atoms with Gasteiger partial charge in [0.15, 0.2) is 0 Å². The minimum absolute atomic E-state index is 0.0580. The number of hydrogen-bond acceptors (Lipinski definition) is 4. The third kappa shape index (κ3) is 4.11. The number of likely N-dealkylation sites (N-methyl/N-ethyl adjacent to an activating group) is 1. The number of aromatic amines is 1. The van der Waals surface area contributed by atoms with E-state index in [1.54, 1.807) is 19.4 Å². The summed E-state index contributed by atoms with van der Waals surface area (Å²) in [7, 11) is 3.68. The Labute approximate surface area is 153 Å². The van der Waals surface area contributed by atoms with Crippen molar-refractivity contribution in [3.63, 3.8) is 0 Å². The van der Waals surface area contributed by atoms with Crippen LogP contribution in [-0.4, -0.2) is 59.6 Å². The highest BCUT2D eigenvalue weighted by atomic mass is 16.2. The molecule has 1 aromatic carbocycles. The van der Waals surface area contributed by atoms with Crippen molar-refractivity contribution in [3.05, 3.63) is 42.2 Å². The molecule has 3 N–H and O–H groups in total. The van der Waals surface area contributed by atoms with Gasteiger partial charge < -0.3 is 10.6 Å². The molecule has 1 aliphatic rings. The molecule has 0 radical (unpaired) electrons. The van der Waals surface area contributed by atoms with Crippen LogP contribution in [0, 0.1) is 0 Å². The first-order chi connectivity index (χ1) is 12.6. The molecule has 0 spiro atoms. The fourth-order valence-corrected chi connectivity index (χ4v) is 3.46. The molecule has 1 saturated heterocycles. The van der Waals surface area contributed by atoms with Gasteiger partial charge in [-0.3, -0.25) is 19.6 Å². The van der Waals surface area contributed by atoms with Crippen molar-refractivity contribution in [2.45, 2.75) is 31.3 Å². The first kappa shape index (κ1) is 18.1. The Kier molecular flexibility index (Phi) is 5.68. The van der Waals surface area contributed by atoms with Crippen LogP contribution in [0.3, 0.4) is 0 Å². The summed E-state index contributed by atoms with van der Waals surface area (Å²) in [5.41, 5.74) is 2.54. The molecule has 138 valence electrons. The van der Waals surface area contributed by atoms with Gasteiger partial charge in [0.2, 0.25) is 5.91 Å². The Hall–Kier alpha value is -2.67. The van der Waals surface area contributed by atoms with Crippen LogP contribution in [0.5, 0.6) is 0 Å². The van der Waals surface area contributed by atoms with Crippen LogP contribution in [-0.2, 0) is 4.79 Å². The molecule has 26 heavy (non-hydrogen) atoms. The van der Waals surface area contributed by atoms with E-state index in [-0.39, 0.29) is 23.9 Å². The van der Waals surface area contributed by atoms with Crippen molar-refractivity contribution in [2.75, 3.05) is 20.6 Å². The van der Waals surface area contributed by atoms with Crippen LogP contribution in [0.1, 0.15) is 29.6 Å².